The van der Waals surface area contributed by atoms with Gasteiger partial charge in [-0.2, -0.15) is 5.10 Å². The Kier molecular flexibility index (Phi) is 8.31. The number of hydrazone groups is 1. The molecule has 0 heterocycles. The number of ether oxygens (including phenoxy) is 1. The molecule has 0 saturated carbocycles. The van der Waals surface area contributed by atoms with Gasteiger partial charge in [0.25, 0.3) is 5.91 Å². The Balaban J connectivity index is 1.86. The lowest BCUT2D eigenvalue weighted by Gasteiger charge is -2.09. The van der Waals surface area contributed by atoms with Crippen molar-refractivity contribution in [3.8, 4) is 5.75 Å². The van der Waals surface area contributed by atoms with E-state index in [1.54, 1.807) is 24.3 Å². The second kappa shape index (κ2) is 11.2. The van der Waals surface area contributed by atoms with Gasteiger partial charge >= 0.3 is 11.8 Å². The van der Waals surface area contributed by atoms with E-state index in [0.717, 1.165) is 16.8 Å². The largest absolute Gasteiger partial charge is 0.484 e. The fraction of sp³-hybridized carbons (Fsp3) is 0.182. The summed E-state index contributed by atoms with van der Waals surface area (Å²) in [4.78, 5) is 35.1. The molecule has 30 heavy (non-hydrogen) atoms. The zero-order chi connectivity index (χ0) is 21.9. The van der Waals surface area contributed by atoms with E-state index in [1.165, 1.54) is 12.3 Å². The Bertz CT molecular complexity index is 949. The second-order valence-electron chi connectivity index (χ2n) is 6.48. The first-order valence-corrected chi connectivity index (χ1v) is 9.20. The Morgan fingerprint density at radius 1 is 1.07 bits per heavy atom. The summed E-state index contributed by atoms with van der Waals surface area (Å²) in [6.07, 6.45) is 2.82. The first kappa shape index (κ1) is 22.4. The molecule has 0 radical (unpaired) electrons. The van der Waals surface area contributed by atoms with E-state index in [4.69, 9.17) is 4.74 Å². The Hall–Kier alpha value is -3.94. The van der Waals surface area contributed by atoms with Crippen molar-refractivity contribution in [1.82, 2.24) is 10.7 Å². The average molecular weight is 408 g/mol. The lowest BCUT2D eigenvalue weighted by Crippen LogP contribution is -2.37. The molecular formula is C22H24N4O4. The average Bonchev–Trinajstić information content (AvgIpc) is 2.70. The summed E-state index contributed by atoms with van der Waals surface area (Å²) in [5.41, 5.74) is 5.58. The number of anilines is 1. The van der Waals surface area contributed by atoms with Crippen molar-refractivity contribution < 1.29 is 19.1 Å². The van der Waals surface area contributed by atoms with E-state index >= 15 is 0 Å². The number of carbonyl (C=O) groups is 3. The van der Waals surface area contributed by atoms with Crippen LogP contribution in [0.4, 0.5) is 5.69 Å². The minimum absolute atomic E-state index is 0.159. The van der Waals surface area contributed by atoms with Crippen molar-refractivity contribution in [2.45, 2.75) is 13.8 Å². The van der Waals surface area contributed by atoms with Gasteiger partial charge in [-0.15, -0.1) is 6.58 Å². The van der Waals surface area contributed by atoms with Gasteiger partial charge in [0.2, 0.25) is 0 Å². The number of amides is 3. The standard InChI is InChI=1S/C22H24N4O4/c1-4-8-23-21(28)22(29)26-24-13-17-6-5-7-19(12-17)30-14-20(27)25-18-10-15(2)9-16(3)11-18/h4-7,9-13H,1,8,14H2,2-3H3,(H,23,28)(H,25,27)(H,26,29)/b24-13-. The van der Waals surface area contributed by atoms with Crippen LogP contribution in [0.1, 0.15) is 16.7 Å². The molecule has 0 spiro atoms. The molecule has 0 aliphatic rings. The SMILES string of the molecule is C=CCNC(=O)C(=O)N/N=C\c1cccc(OCC(=O)Nc2cc(C)cc(C)c2)c1. The van der Waals surface area contributed by atoms with Gasteiger partial charge in [-0.3, -0.25) is 14.4 Å². The van der Waals surface area contributed by atoms with E-state index in [-0.39, 0.29) is 19.1 Å². The topological polar surface area (TPSA) is 109 Å². The Labute approximate surface area is 175 Å². The van der Waals surface area contributed by atoms with Crippen molar-refractivity contribution in [3.05, 3.63) is 71.8 Å². The van der Waals surface area contributed by atoms with E-state index in [0.29, 0.717) is 11.3 Å². The summed E-state index contributed by atoms with van der Waals surface area (Å²) in [5, 5.41) is 8.87. The molecule has 0 unspecified atom stereocenters. The number of rotatable bonds is 8. The fourth-order valence-electron chi connectivity index (χ4n) is 2.54. The molecule has 156 valence electrons. The number of hydrogen-bond donors (Lipinski definition) is 3. The first-order chi connectivity index (χ1) is 14.4. The van der Waals surface area contributed by atoms with Crippen LogP contribution < -0.4 is 20.8 Å². The number of nitrogens with zero attached hydrogens (tertiary/aromatic N) is 1. The molecule has 0 aliphatic heterocycles. The van der Waals surface area contributed by atoms with Crippen LogP contribution in [0, 0.1) is 13.8 Å². The summed E-state index contributed by atoms with van der Waals surface area (Å²) in [7, 11) is 0. The van der Waals surface area contributed by atoms with Crippen molar-refractivity contribution in [3.63, 3.8) is 0 Å². The van der Waals surface area contributed by atoms with Gasteiger partial charge in [0.15, 0.2) is 6.61 Å². The van der Waals surface area contributed by atoms with Crippen molar-refractivity contribution in [1.29, 1.82) is 0 Å². The number of benzene rings is 2. The molecule has 0 aromatic heterocycles. The van der Waals surface area contributed by atoms with Crippen LogP contribution in [-0.4, -0.2) is 37.1 Å². The highest BCUT2D eigenvalue weighted by atomic mass is 16.5. The summed E-state index contributed by atoms with van der Waals surface area (Å²) >= 11 is 0. The maximum absolute atomic E-state index is 12.1. The molecule has 8 nitrogen and oxygen atoms in total. The lowest BCUT2D eigenvalue weighted by atomic mass is 10.1. The molecule has 8 heteroatoms. The van der Waals surface area contributed by atoms with Crippen LogP contribution in [0.2, 0.25) is 0 Å². The highest BCUT2D eigenvalue weighted by molar-refractivity contribution is 6.35. The maximum Gasteiger partial charge on any atom is 0.329 e. The van der Waals surface area contributed by atoms with Gasteiger partial charge in [0, 0.05) is 12.2 Å². The lowest BCUT2D eigenvalue weighted by molar-refractivity contribution is -0.139. The quantitative estimate of drug-likeness (QED) is 0.269. The highest BCUT2D eigenvalue weighted by Crippen LogP contribution is 2.15. The van der Waals surface area contributed by atoms with Crippen LogP contribution >= 0.6 is 0 Å². The maximum atomic E-state index is 12.1. The van der Waals surface area contributed by atoms with E-state index in [2.05, 4.69) is 27.7 Å². The summed E-state index contributed by atoms with van der Waals surface area (Å²) in [6, 6.07) is 12.6. The van der Waals surface area contributed by atoms with E-state index in [9.17, 15) is 14.4 Å². The Morgan fingerprint density at radius 2 is 1.80 bits per heavy atom. The van der Waals surface area contributed by atoms with Crippen molar-refractivity contribution in [2.75, 3.05) is 18.5 Å². The minimum atomic E-state index is -0.886. The number of nitrogens with one attached hydrogen (secondary N) is 3. The highest BCUT2D eigenvalue weighted by Gasteiger charge is 2.10. The second-order valence-corrected chi connectivity index (χ2v) is 6.48. The fourth-order valence-corrected chi connectivity index (χ4v) is 2.54. The van der Waals surface area contributed by atoms with Crippen molar-refractivity contribution in [2.24, 2.45) is 5.10 Å². The van der Waals surface area contributed by atoms with E-state index < -0.39 is 11.8 Å². The van der Waals surface area contributed by atoms with Gasteiger partial charge in [-0.1, -0.05) is 24.3 Å². The van der Waals surface area contributed by atoms with Crippen LogP contribution in [0.15, 0.2) is 60.2 Å². The zero-order valence-electron chi connectivity index (χ0n) is 16.9. The molecule has 0 fully saturated rings. The predicted octanol–water partition coefficient (Wildman–Crippen LogP) is 2.07. The summed E-state index contributed by atoms with van der Waals surface area (Å²) in [6.45, 7) is 7.39. The summed E-state index contributed by atoms with van der Waals surface area (Å²) in [5.74, 6) is -1.51. The Morgan fingerprint density at radius 3 is 2.50 bits per heavy atom. The summed E-state index contributed by atoms with van der Waals surface area (Å²) < 4.78 is 5.52. The molecule has 2 rings (SSSR count). The third-order valence-corrected chi connectivity index (χ3v) is 3.73. The zero-order valence-corrected chi connectivity index (χ0v) is 16.9. The van der Waals surface area contributed by atoms with Gasteiger partial charge in [0.05, 0.1) is 6.21 Å². The number of hydrogen-bond acceptors (Lipinski definition) is 5. The molecular weight excluding hydrogens is 384 g/mol. The number of aryl methyl sites for hydroxylation is 2. The molecule has 3 amide bonds. The third kappa shape index (κ3) is 7.59. The molecule has 0 atom stereocenters. The van der Waals surface area contributed by atoms with Gasteiger partial charge in [-0.25, -0.2) is 5.43 Å². The van der Waals surface area contributed by atoms with Crippen molar-refractivity contribution >= 4 is 29.6 Å². The molecule has 0 bridgehead atoms. The van der Waals surface area contributed by atoms with Crippen LogP contribution in [-0.2, 0) is 14.4 Å². The molecule has 0 aliphatic carbocycles. The molecule has 3 N–H and O–H groups in total. The van der Waals surface area contributed by atoms with Gasteiger partial charge < -0.3 is 15.4 Å². The van der Waals surface area contributed by atoms with Crippen LogP contribution in [0.3, 0.4) is 0 Å². The molecule has 2 aromatic carbocycles. The smallest absolute Gasteiger partial charge is 0.329 e. The van der Waals surface area contributed by atoms with E-state index in [1.807, 2.05) is 32.0 Å². The third-order valence-electron chi connectivity index (χ3n) is 3.73. The van der Waals surface area contributed by atoms with Gasteiger partial charge in [-0.05, 0) is 54.8 Å². The monoisotopic (exact) mass is 408 g/mol. The van der Waals surface area contributed by atoms with Crippen LogP contribution in [0.5, 0.6) is 5.75 Å². The molecule has 0 saturated heterocycles. The van der Waals surface area contributed by atoms with Crippen LogP contribution in [0.25, 0.3) is 0 Å². The molecule has 2 aromatic rings. The predicted molar refractivity (Wildman–Crippen MR) is 115 cm³/mol. The minimum Gasteiger partial charge on any atom is -0.484 e. The number of carbonyl (C=O) groups excluding carboxylic acids is 3. The van der Waals surface area contributed by atoms with Gasteiger partial charge in [0.1, 0.15) is 5.75 Å². The first-order valence-electron chi connectivity index (χ1n) is 9.20. The normalized spacial score (nSPS) is 10.3.